The smallest absolute Gasteiger partial charge is 0.407 e. The van der Waals surface area contributed by atoms with Gasteiger partial charge in [-0.2, -0.15) is 0 Å². The molecule has 0 heterocycles. The van der Waals surface area contributed by atoms with Crippen LogP contribution < -0.4 is 16.0 Å². The van der Waals surface area contributed by atoms with Crippen molar-refractivity contribution < 1.29 is 44.0 Å². The van der Waals surface area contributed by atoms with E-state index >= 15 is 0 Å². The van der Waals surface area contributed by atoms with Gasteiger partial charge in [-0.15, -0.1) is 0 Å². The van der Waals surface area contributed by atoms with Gasteiger partial charge in [0.2, 0.25) is 0 Å². The lowest BCUT2D eigenvalue weighted by Gasteiger charge is -2.20. The van der Waals surface area contributed by atoms with Crippen LogP contribution >= 0.6 is 0 Å². The zero-order chi connectivity index (χ0) is 22.6. The molecule has 0 radical (unpaired) electrons. The Labute approximate surface area is 168 Å². The molecule has 166 valence electrons. The third-order valence-electron chi connectivity index (χ3n) is 3.44. The Morgan fingerprint density at radius 2 is 1.38 bits per heavy atom. The van der Waals surface area contributed by atoms with Gasteiger partial charge in [-0.05, 0) is 46.5 Å². The maximum Gasteiger partial charge on any atom is 0.407 e. The minimum Gasteiger partial charge on any atom is -0.481 e. The van der Waals surface area contributed by atoms with Crippen molar-refractivity contribution >= 4 is 30.0 Å². The molecule has 0 saturated carbocycles. The van der Waals surface area contributed by atoms with E-state index in [4.69, 9.17) is 14.9 Å². The van der Waals surface area contributed by atoms with E-state index in [0.29, 0.717) is 12.8 Å². The first-order chi connectivity index (χ1) is 13.3. The molecule has 0 spiro atoms. The highest BCUT2D eigenvalue weighted by Crippen LogP contribution is 2.07. The average molecular weight is 419 g/mol. The average Bonchev–Trinajstić information content (AvgIpc) is 2.54. The highest BCUT2D eigenvalue weighted by Gasteiger charge is 2.24. The molecular formula is C17H29N3O9. The van der Waals surface area contributed by atoms with Crippen molar-refractivity contribution in [3.8, 4) is 0 Å². The molecule has 12 nitrogen and oxygen atoms in total. The van der Waals surface area contributed by atoms with E-state index in [9.17, 15) is 29.1 Å². The summed E-state index contributed by atoms with van der Waals surface area (Å²) in [6, 6.07) is -3.76. The van der Waals surface area contributed by atoms with Crippen LogP contribution in [-0.2, 0) is 19.1 Å². The zero-order valence-electron chi connectivity index (χ0n) is 16.7. The Bertz CT molecular complexity index is 601. The number of unbranched alkanes of at least 4 members (excludes halogenated alkanes) is 1. The lowest BCUT2D eigenvalue weighted by atomic mass is 10.1. The largest absolute Gasteiger partial charge is 0.481 e. The molecule has 2 atom stereocenters. The number of alkyl carbamates (subject to hydrolysis) is 1. The maximum atomic E-state index is 11.9. The molecule has 0 aromatic rings. The predicted molar refractivity (Wildman–Crippen MR) is 99.5 cm³/mol. The predicted octanol–water partition coefficient (Wildman–Crippen LogP) is 0.752. The summed E-state index contributed by atoms with van der Waals surface area (Å²) in [5.41, 5.74) is -0.631. The van der Waals surface area contributed by atoms with E-state index in [2.05, 4.69) is 10.6 Å². The van der Waals surface area contributed by atoms with Crippen LogP contribution in [0.25, 0.3) is 0 Å². The van der Waals surface area contributed by atoms with Crippen molar-refractivity contribution in [1.29, 1.82) is 0 Å². The quantitative estimate of drug-likeness (QED) is 0.248. The fourth-order valence-corrected chi connectivity index (χ4v) is 2.12. The van der Waals surface area contributed by atoms with Crippen LogP contribution in [0.15, 0.2) is 0 Å². The summed E-state index contributed by atoms with van der Waals surface area (Å²) in [6.45, 7) is 5.41. The third-order valence-corrected chi connectivity index (χ3v) is 3.44. The maximum absolute atomic E-state index is 11.9. The molecule has 12 heteroatoms. The van der Waals surface area contributed by atoms with Crippen LogP contribution in [-0.4, -0.2) is 69.6 Å². The lowest BCUT2D eigenvalue weighted by Crippen LogP contribution is -2.51. The molecule has 0 unspecified atom stereocenters. The molecule has 0 aromatic carbocycles. The molecule has 0 aliphatic heterocycles. The van der Waals surface area contributed by atoms with Crippen molar-refractivity contribution in [3.63, 3.8) is 0 Å². The number of rotatable bonds is 12. The van der Waals surface area contributed by atoms with Crippen molar-refractivity contribution in [3.05, 3.63) is 0 Å². The highest BCUT2D eigenvalue weighted by atomic mass is 16.6. The summed E-state index contributed by atoms with van der Waals surface area (Å²) in [7, 11) is 0. The topological polar surface area (TPSA) is 191 Å². The first-order valence-electron chi connectivity index (χ1n) is 9.03. The molecule has 0 aliphatic rings. The normalized spacial score (nSPS) is 12.9. The highest BCUT2D eigenvalue weighted by molar-refractivity contribution is 5.86. The number of carbonyl (C=O) groups excluding carboxylic acids is 2. The first kappa shape index (κ1) is 26.0. The number of carboxylic acids is 3. The summed E-state index contributed by atoms with van der Waals surface area (Å²) in [5.74, 6) is -3.96. The van der Waals surface area contributed by atoms with E-state index in [1.54, 1.807) is 20.8 Å². The molecule has 6 N–H and O–H groups in total. The van der Waals surface area contributed by atoms with Crippen LogP contribution in [0.5, 0.6) is 0 Å². The summed E-state index contributed by atoms with van der Waals surface area (Å²) in [6.07, 6.45) is -0.565. The van der Waals surface area contributed by atoms with Gasteiger partial charge in [-0.3, -0.25) is 4.79 Å². The molecule has 0 rings (SSSR count). The van der Waals surface area contributed by atoms with E-state index in [1.807, 2.05) is 5.32 Å². The monoisotopic (exact) mass is 419 g/mol. The van der Waals surface area contributed by atoms with Gasteiger partial charge in [0.1, 0.15) is 17.7 Å². The van der Waals surface area contributed by atoms with Gasteiger partial charge in [-0.25, -0.2) is 19.2 Å². The molecule has 29 heavy (non-hydrogen) atoms. The van der Waals surface area contributed by atoms with Crippen molar-refractivity contribution in [2.24, 2.45) is 0 Å². The Balaban J connectivity index is 4.38. The number of urea groups is 1. The minimum absolute atomic E-state index is 0.0472. The zero-order valence-corrected chi connectivity index (χ0v) is 16.7. The fraction of sp³-hybridized carbons (Fsp3) is 0.706. The van der Waals surface area contributed by atoms with Gasteiger partial charge in [0.15, 0.2) is 0 Å². The van der Waals surface area contributed by atoms with E-state index < -0.39 is 54.1 Å². The third kappa shape index (κ3) is 13.7. The number of hydrogen-bond donors (Lipinski definition) is 6. The Kier molecular flexibility index (Phi) is 11.1. The summed E-state index contributed by atoms with van der Waals surface area (Å²) in [4.78, 5) is 56.2. The molecule has 0 aromatic heterocycles. The molecule has 0 fully saturated rings. The van der Waals surface area contributed by atoms with E-state index in [-0.39, 0.29) is 19.4 Å². The van der Waals surface area contributed by atoms with Crippen molar-refractivity contribution in [1.82, 2.24) is 16.0 Å². The van der Waals surface area contributed by atoms with E-state index in [0.717, 1.165) is 0 Å². The minimum atomic E-state index is -1.46. The molecule has 0 bridgehead atoms. The molecule has 3 amide bonds. The Hall–Kier alpha value is -3.05. The van der Waals surface area contributed by atoms with Gasteiger partial charge in [-0.1, -0.05) is 0 Å². The SMILES string of the molecule is CC(C)(C)OC(=O)NCCCC[C@H](NC(=O)N[C@@H](CCC(=O)O)C(=O)O)C(=O)O. The van der Waals surface area contributed by atoms with Crippen molar-refractivity contribution in [2.75, 3.05) is 6.54 Å². The fourth-order valence-electron chi connectivity index (χ4n) is 2.12. The number of ether oxygens (including phenoxy) is 1. The second kappa shape index (κ2) is 12.4. The number of amides is 3. The second-order valence-electron chi connectivity index (χ2n) is 7.26. The Morgan fingerprint density at radius 1 is 0.862 bits per heavy atom. The first-order valence-corrected chi connectivity index (χ1v) is 9.03. The van der Waals surface area contributed by atoms with E-state index in [1.165, 1.54) is 0 Å². The molecular weight excluding hydrogens is 390 g/mol. The molecule has 0 aliphatic carbocycles. The number of nitrogens with one attached hydrogen (secondary N) is 3. The van der Waals surface area contributed by atoms with Crippen LogP contribution in [0.4, 0.5) is 9.59 Å². The summed E-state index contributed by atoms with van der Waals surface area (Å²) >= 11 is 0. The van der Waals surface area contributed by atoms with Gasteiger partial charge in [0.05, 0.1) is 0 Å². The van der Waals surface area contributed by atoms with Crippen LogP contribution in [0.3, 0.4) is 0 Å². The molecule has 0 saturated heterocycles. The Morgan fingerprint density at radius 3 is 1.83 bits per heavy atom. The summed E-state index contributed by atoms with van der Waals surface area (Å²) < 4.78 is 5.05. The summed E-state index contributed by atoms with van der Waals surface area (Å²) in [5, 5.41) is 33.5. The van der Waals surface area contributed by atoms with Crippen LogP contribution in [0.1, 0.15) is 52.9 Å². The van der Waals surface area contributed by atoms with Crippen LogP contribution in [0, 0.1) is 0 Å². The second-order valence-corrected chi connectivity index (χ2v) is 7.26. The van der Waals surface area contributed by atoms with Gasteiger partial charge in [0, 0.05) is 13.0 Å². The van der Waals surface area contributed by atoms with Gasteiger partial charge < -0.3 is 36.0 Å². The number of carboxylic acid groups (broad SMARTS) is 3. The number of carbonyl (C=O) groups is 5. The van der Waals surface area contributed by atoms with Gasteiger partial charge >= 0.3 is 30.0 Å². The van der Waals surface area contributed by atoms with Crippen molar-refractivity contribution in [2.45, 2.75) is 70.6 Å². The standard InChI is InChI=1S/C17H29N3O9/c1-17(2,3)29-16(28)18-9-5-4-6-10(13(23)24)19-15(27)20-11(14(25)26)7-8-12(21)22/h10-11H,4-9H2,1-3H3,(H,18,28)(H,21,22)(H,23,24)(H,25,26)(H2,19,20,27)/t10-,11-/m0/s1. The number of aliphatic carboxylic acids is 3. The lowest BCUT2D eigenvalue weighted by molar-refractivity contribution is -0.140. The van der Waals surface area contributed by atoms with Crippen LogP contribution in [0.2, 0.25) is 0 Å². The number of hydrogen-bond acceptors (Lipinski definition) is 6. The van der Waals surface area contributed by atoms with Gasteiger partial charge in [0.25, 0.3) is 0 Å².